The molecule has 1 N–H and O–H groups in total. The van der Waals surface area contributed by atoms with Crippen molar-refractivity contribution in [2.24, 2.45) is 5.92 Å². The third-order valence-electron chi connectivity index (χ3n) is 7.74. The van der Waals surface area contributed by atoms with Gasteiger partial charge in [-0.05, 0) is 42.4 Å². The Hall–Kier alpha value is -4.99. The lowest BCUT2D eigenvalue weighted by molar-refractivity contribution is -0.153. The number of esters is 2. The summed E-state index contributed by atoms with van der Waals surface area (Å²) in [7, 11) is 0. The van der Waals surface area contributed by atoms with Crippen LogP contribution in [0.5, 0.6) is 0 Å². The van der Waals surface area contributed by atoms with Crippen molar-refractivity contribution in [2.75, 3.05) is 13.1 Å². The van der Waals surface area contributed by atoms with Gasteiger partial charge in [-0.3, -0.25) is 19.2 Å². The molecule has 1 saturated heterocycles. The Morgan fingerprint density at radius 2 is 1.26 bits per heavy atom. The normalized spacial score (nSPS) is 14.9. The van der Waals surface area contributed by atoms with E-state index in [1.165, 1.54) is 4.90 Å². The minimum absolute atomic E-state index is 0.0307. The van der Waals surface area contributed by atoms with Crippen LogP contribution in [0.1, 0.15) is 55.2 Å². The molecule has 1 aliphatic rings. The van der Waals surface area contributed by atoms with Gasteiger partial charge in [0.05, 0.1) is 12.0 Å². The number of Topliss-reactive ketones (excluding diaryl/α,β-unsaturated/α-hetero) is 1. The Labute approximate surface area is 269 Å². The van der Waals surface area contributed by atoms with Crippen LogP contribution in [0.15, 0.2) is 91.0 Å². The van der Waals surface area contributed by atoms with Gasteiger partial charge in [0.25, 0.3) is 0 Å². The lowest BCUT2D eigenvalue weighted by atomic mass is 9.90. The van der Waals surface area contributed by atoms with E-state index >= 15 is 0 Å². The standard InChI is InChI=1S/C36H40N2O8/c39-32(31-18-10-11-21-38(31)33(40)23-37-36(43)46-26-29-16-8-3-9-17-29)22-30(35(42)45-25-28-14-6-2-7-15-28)19-20-34(41)44-24-27-12-4-1-5-13-27/h1-9,12-17,30-31H,10-11,18-26H2,(H,37,43)/t30-,31?/m1/s1. The van der Waals surface area contributed by atoms with Gasteiger partial charge in [0.1, 0.15) is 26.4 Å². The molecule has 2 amide bonds. The summed E-state index contributed by atoms with van der Waals surface area (Å²) in [6, 6.07) is 26.8. The minimum atomic E-state index is -0.898. The molecule has 3 aromatic carbocycles. The number of carbonyl (C=O) groups excluding carboxylic acids is 5. The van der Waals surface area contributed by atoms with Crippen molar-refractivity contribution >= 4 is 29.7 Å². The predicted molar refractivity (Wildman–Crippen MR) is 169 cm³/mol. The van der Waals surface area contributed by atoms with Crippen LogP contribution < -0.4 is 5.32 Å². The van der Waals surface area contributed by atoms with Crippen molar-refractivity contribution in [1.29, 1.82) is 0 Å². The second-order valence-electron chi connectivity index (χ2n) is 11.2. The van der Waals surface area contributed by atoms with E-state index in [1.807, 2.05) is 91.0 Å². The number of nitrogens with one attached hydrogen (secondary N) is 1. The first kappa shape index (κ1) is 33.9. The van der Waals surface area contributed by atoms with Crippen LogP contribution in [-0.4, -0.2) is 53.8 Å². The van der Waals surface area contributed by atoms with Crippen molar-refractivity contribution in [1.82, 2.24) is 10.2 Å². The Balaban J connectivity index is 1.33. The van der Waals surface area contributed by atoms with Crippen LogP contribution >= 0.6 is 0 Å². The smallest absolute Gasteiger partial charge is 0.407 e. The zero-order valence-electron chi connectivity index (χ0n) is 25.8. The topological polar surface area (TPSA) is 128 Å². The number of alkyl carbamates (subject to hydrolysis) is 1. The quantitative estimate of drug-likeness (QED) is 0.181. The van der Waals surface area contributed by atoms with Gasteiger partial charge in [-0.25, -0.2) is 4.79 Å². The van der Waals surface area contributed by atoms with Crippen LogP contribution in [0, 0.1) is 5.92 Å². The molecule has 0 aliphatic carbocycles. The molecule has 10 heteroatoms. The van der Waals surface area contributed by atoms with Crippen LogP contribution in [-0.2, 0) is 53.2 Å². The number of hydrogen-bond acceptors (Lipinski definition) is 8. The lowest BCUT2D eigenvalue weighted by Gasteiger charge is -2.35. The summed E-state index contributed by atoms with van der Waals surface area (Å²) < 4.78 is 16.1. The highest BCUT2D eigenvalue weighted by Gasteiger charge is 2.35. The molecule has 0 aromatic heterocycles. The van der Waals surface area contributed by atoms with Gasteiger partial charge in [-0.1, -0.05) is 91.0 Å². The number of hydrogen-bond donors (Lipinski definition) is 1. The van der Waals surface area contributed by atoms with E-state index in [1.54, 1.807) is 0 Å². The van der Waals surface area contributed by atoms with Gasteiger partial charge in [0, 0.05) is 19.4 Å². The summed E-state index contributed by atoms with van der Waals surface area (Å²) in [5.74, 6) is -2.69. The van der Waals surface area contributed by atoms with E-state index in [0.717, 1.165) is 23.1 Å². The highest BCUT2D eigenvalue weighted by Crippen LogP contribution is 2.24. The molecule has 46 heavy (non-hydrogen) atoms. The van der Waals surface area contributed by atoms with Gasteiger partial charge in [-0.15, -0.1) is 0 Å². The minimum Gasteiger partial charge on any atom is -0.461 e. The predicted octanol–water partition coefficient (Wildman–Crippen LogP) is 5.14. The lowest BCUT2D eigenvalue weighted by Crippen LogP contribution is -2.51. The Morgan fingerprint density at radius 3 is 1.85 bits per heavy atom. The number of ether oxygens (including phenoxy) is 3. The van der Waals surface area contributed by atoms with E-state index in [-0.39, 0.29) is 51.4 Å². The molecule has 0 radical (unpaired) electrons. The van der Waals surface area contributed by atoms with Gasteiger partial charge >= 0.3 is 18.0 Å². The van der Waals surface area contributed by atoms with Crippen molar-refractivity contribution in [2.45, 2.75) is 64.4 Å². The van der Waals surface area contributed by atoms with Crippen molar-refractivity contribution in [3.05, 3.63) is 108 Å². The zero-order valence-corrected chi connectivity index (χ0v) is 25.8. The molecule has 242 valence electrons. The first-order chi connectivity index (χ1) is 22.4. The Bertz CT molecular complexity index is 1430. The maximum atomic E-state index is 13.6. The molecule has 1 aliphatic heterocycles. The average molecular weight is 629 g/mol. The largest absolute Gasteiger partial charge is 0.461 e. The van der Waals surface area contributed by atoms with Gasteiger partial charge in [-0.2, -0.15) is 0 Å². The van der Waals surface area contributed by atoms with E-state index in [0.29, 0.717) is 19.4 Å². The van der Waals surface area contributed by atoms with Crippen molar-refractivity contribution < 1.29 is 38.2 Å². The van der Waals surface area contributed by atoms with Crippen molar-refractivity contribution in [3.8, 4) is 0 Å². The molecular weight excluding hydrogens is 588 g/mol. The number of piperidine rings is 1. The number of rotatable bonds is 15. The summed E-state index contributed by atoms with van der Waals surface area (Å²) in [5.41, 5.74) is 2.44. The first-order valence-electron chi connectivity index (χ1n) is 15.6. The van der Waals surface area contributed by atoms with Gasteiger partial charge < -0.3 is 24.4 Å². The van der Waals surface area contributed by atoms with Crippen LogP contribution in [0.4, 0.5) is 4.79 Å². The zero-order chi connectivity index (χ0) is 32.6. The maximum Gasteiger partial charge on any atom is 0.407 e. The number of benzene rings is 3. The van der Waals surface area contributed by atoms with E-state index in [2.05, 4.69) is 5.32 Å². The average Bonchev–Trinajstić information content (AvgIpc) is 3.10. The molecule has 0 bridgehead atoms. The number of ketones is 1. The van der Waals surface area contributed by atoms with Gasteiger partial charge in [0.2, 0.25) is 5.91 Å². The second kappa shape index (κ2) is 18.1. The fraction of sp³-hybridized carbons (Fsp3) is 0.361. The van der Waals surface area contributed by atoms with E-state index in [9.17, 15) is 24.0 Å². The molecule has 1 unspecified atom stereocenters. The first-order valence-corrected chi connectivity index (χ1v) is 15.6. The molecule has 10 nitrogen and oxygen atoms in total. The van der Waals surface area contributed by atoms with Crippen LogP contribution in [0.2, 0.25) is 0 Å². The number of nitrogens with zero attached hydrogens (tertiary/aromatic N) is 1. The third-order valence-corrected chi connectivity index (χ3v) is 7.74. The molecular formula is C36H40N2O8. The second-order valence-corrected chi connectivity index (χ2v) is 11.2. The Morgan fingerprint density at radius 1 is 0.717 bits per heavy atom. The van der Waals surface area contributed by atoms with Crippen LogP contribution in [0.25, 0.3) is 0 Å². The number of amides is 2. The molecule has 2 atom stereocenters. The molecule has 1 heterocycles. The van der Waals surface area contributed by atoms with E-state index in [4.69, 9.17) is 14.2 Å². The molecule has 1 fully saturated rings. The highest BCUT2D eigenvalue weighted by atomic mass is 16.5. The monoisotopic (exact) mass is 628 g/mol. The summed E-state index contributed by atoms with van der Waals surface area (Å²) in [6.45, 7) is 0.225. The number of likely N-dealkylation sites (tertiary alicyclic amines) is 1. The fourth-order valence-electron chi connectivity index (χ4n) is 5.22. The SMILES string of the molecule is O=C(CC[C@H](CC(=O)C1CCCCN1C(=O)CNC(=O)OCc1ccccc1)C(=O)OCc1ccccc1)OCc1ccccc1. The van der Waals surface area contributed by atoms with Gasteiger partial charge in [0.15, 0.2) is 5.78 Å². The summed E-state index contributed by atoms with van der Waals surface area (Å²) in [5, 5.41) is 2.47. The fourth-order valence-corrected chi connectivity index (χ4v) is 5.22. The molecule has 0 spiro atoms. The summed E-state index contributed by atoms with van der Waals surface area (Å²) in [6.07, 6.45) is 0.938. The third kappa shape index (κ3) is 11.2. The maximum absolute atomic E-state index is 13.6. The highest BCUT2D eigenvalue weighted by molar-refractivity contribution is 5.93. The Kier molecular flexibility index (Phi) is 13.3. The molecule has 4 rings (SSSR count). The van der Waals surface area contributed by atoms with Crippen molar-refractivity contribution in [3.63, 3.8) is 0 Å². The molecule has 3 aromatic rings. The van der Waals surface area contributed by atoms with E-state index < -0.39 is 35.9 Å². The molecule has 0 saturated carbocycles. The van der Waals surface area contributed by atoms with Crippen LogP contribution in [0.3, 0.4) is 0 Å². The summed E-state index contributed by atoms with van der Waals surface area (Å²) in [4.78, 5) is 66.2. The summed E-state index contributed by atoms with van der Waals surface area (Å²) >= 11 is 0. The number of carbonyl (C=O) groups is 5.